The van der Waals surface area contributed by atoms with Gasteiger partial charge in [0.2, 0.25) is 0 Å². The van der Waals surface area contributed by atoms with E-state index in [0.29, 0.717) is 0 Å². The van der Waals surface area contributed by atoms with Crippen LogP contribution in [0.4, 0.5) is 13.2 Å². The third kappa shape index (κ3) is 4.76. The zero-order valence-electron chi connectivity index (χ0n) is 11.3. The van der Waals surface area contributed by atoms with Crippen molar-refractivity contribution in [3.05, 3.63) is 35.4 Å². The second-order valence-electron chi connectivity index (χ2n) is 4.24. The molecule has 0 heterocycles. The molecule has 0 saturated heterocycles. The summed E-state index contributed by atoms with van der Waals surface area (Å²) in [6.07, 6.45) is -5.86. The highest BCUT2D eigenvalue weighted by Gasteiger charge is 2.40. The second-order valence-corrected chi connectivity index (χ2v) is 4.24. The average Bonchev–Trinajstić information content (AvgIpc) is 2.44. The fourth-order valence-corrected chi connectivity index (χ4v) is 1.64. The van der Waals surface area contributed by atoms with Gasteiger partial charge in [0.05, 0.1) is 25.1 Å². The average molecular weight is 319 g/mol. The van der Waals surface area contributed by atoms with Crippen molar-refractivity contribution < 1.29 is 37.4 Å². The molecule has 0 saturated carbocycles. The van der Waals surface area contributed by atoms with Gasteiger partial charge in [0, 0.05) is 0 Å². The molecule has 1 aromatic rings. The van der Waals surface area contributed by atoms with E-state index in [-0.39, 0.29) is 11.1 Å². The minimum Gasteiger partial charge on any atom is -0.481 e. The Morgan fingerprint density at radius 3 is 2.18 bits per heavy atom. The van der Waals surface area contributed by atoms with Crippen LogP contribution in [0.5, 0.6) is 0 Å². The first-order valence-electron chi connectivity index (χ1n) is 5.93. The van der Waals surface area contributed by atoms with Gasteiger partial charge in [-0.25, -0.2) is 4.79 Å². The van der Waals surface area contributed by atoms with Gasteiger partial charge in [0.25, 0.3) is 0 Å². The van der Waals surface area contributed by atoms with E-state index < -0.39 is 36.5 Å². The predicted molar refractivity (Wildman–Crippen MR) is 67.0 cm³/mol. The normalized spacial score (nSPS) is 12.4. The van der Waals surface area contributed by atoms with Gasteiger partial charge in [-0.3, -0.25) is 9.59 Å². The van der Waals surface area contributed by atoms with E-state index in [1.54, 1.807) is 5.32 Å². The van der Waals surface area contributed by atoms with Crippen LogP contribution in [0.25, 0.3) is 0 Å². The molecule has 2 N–H and O–H groups in total. The number of ether oxygens (including phenoxy) is 1. The van der Waals surface area contributed by atoms with Crippen LogP contribution in [0.2, 0.25) is 0 Å². The van der Waals surface area contributed by atoms with E-state index >= 15 is 0 Å². The number of rotatable bonds is 5. The monoisotopic (exact) mass is 319 g/mol. The zero-order valence-corrected chi connectivity index (χ0v) is 11.3. The first-order valence-corrected chi connectivity index (χ1v) is 5.93. The van der Waals surface area contributed by atoms with Crippen LogP contribution in [0.1, 0.15) is 28.4 Å². The molecule has 9 heteroatoms. The van der Waals surface area contributed by atoms with E-state index in [2.05, 4.69) is 4.74 Å². The van der Waals surface area contributed by atoms with E-state index in [1.807, 2.05) is 0 Å². The Hall–Kier alpha value is -2.58. The van der Waals surface area contributed by atoms with Crippen molar-refractivity contribution in [1.82, 2.24) is 5.32 Å². The third-order valence-electron chi connectivity index (χ3n) is 2.68. The molecule has 1 amide bonds. The maximum absolute atomic E-state index is 12.3. The van der Waals surface area contributed by atoms with Gasteiger partial charge in [-0.2, -0.15) is 13.2 Å². The fraction of sp³-hybridized carbons (Fsp3) is 0.308. The molecule has 0 aromatic heterocycles. The van der Waals surface area contributed by atoms with E-state index in [9.17, 15) is 27.6 Å². The van der Waals surface area contributed by atoms with Gasteiger partial charge in [0.15, 0.2) is 0 Å². The third-order valence-corrected chi connectivity index (χ3v) is 2.68. The number of methoxy groups -OCH3 is 1. The predicted octanol–water partition coefficient (Wildman–Crippen LogP) is 1.67. The number of carbonyl (C=O) groups excluding carboxylic acids is 2. The molecule has 0 aliphatic rings. The highest BCUT2D eigenvalue weighted by molar-refractivity contribution is 5.89. The molecule has 6 nitrogen and oxygen atoms in total. The maximum Gasteiger partial charge on any atom is 0.471 e. The van der Waals surface area contributed by atoms with Gasteiger partial charge in [-0.05, 0) is 17.7 Å². The largest absolute Gasteiger partial charge is 0.481 e. The van der Waals surface area contributed by atoms with E-state index in [1.165, 1.54) is 24.3 Å². The number of carbonyl (C=O) groups is 3. The van der Waals surface area contributed by atoms with Crippen LogP contribution in [0.3, 0.4) is 0 Å². The number of benzene rings is 1. The zero-order chi connectivity index (χ0) is 16.9. The lowest BCUT2D eigenvalue weighted by atomic mass is 10.0. The highest BCUT2D eigenvalue weighted by atomic mass is 19.4. The Kier molecular flexibility index (Phi) is 5.50. The molecular weight excluding hydrogens is 307 g/mol. The summed E-state index contributed by atoms with van der Waals surface area (Å²) < 4.78 is 41.2. The standard InChI is InChI=1S/C13H12F3NO5/c1-22-11(20)8-4-2-7(3-5-8)9(6-10(18)19)17-12(21)13(14,15)16/h2-5,9H,6H2,1H3,(H,17,21)(H,18,19)/t9-/m0/s1. The van der Waals surface area contributed by atoms with Crippen molar-refractivity contribution in [3.63, 3.8) is 0 Å². The summed E-state index contributed by atoms with van der Waals surface area (Å²) in [5.74, 6) is -4.28. The molecule has 1 atom stereocenters. The number of hydrogen-bond donors (Lipinski definition) is 2. The lowest BCUT2D eigenvalue weighted by Gasteiger charge is -2.18. The van der Waals surface area contributed by atoms with E-state index in [0.717, 1.165) is 7.11 Å². The number of carboxylic acid groups (broad SMARTS) is 1. The van der Waals surface area contributed by atoms with Crippen molar-refractivity contribution in [2.24, 2.45) is 0 Å². The van der Waals surface area contributed by atoms with Crippen LogP contribution in [-0.2, 0) is 14.3 Å². The minimum atomic E-state index is -5.12. The summed E-state index contributed by atoms with van der Waals surface area (Å²) in [6, 6.07) is 3.64. The number of alkyl halides is 3. The molecule has 0 bridgehead atoms. The Labute approximate surface area is 122 Å². The summed E-state index contributed by atoms with van der Waals surface area (Å²) in [6.45, 7) is 0. The number of hydrogen-bond acceptors (Lipinski definition) is 4. The number of nitrogens with one attached hydrogen (secondary N) is 1. The number of carboxylic acids is 1. The van der Waals surface area contributed by atoms with E-state index in [4.69, 9.17) is 5.11 Å². The first kappa shape index (κ1) is 17.5. The number of aliphatic carboxylic acids is 1. The molecule has 0 aliphatic heterocycles. The van der Waals surface area contributed by atoms with Gasteiger partial charge >= 0.3 is 24.0 Å². The first-order chi connectivity index (χ1) is 10.1. The van der Waals surface area contributed by atoms with Crippen molar-refractivity contribution in [2.75, 3.05) is 7.11 Å². The van der Waals surface area contributed by atoms with Crippen molar-refractivity contribution in [2.45, 2.75) is 18.6 Å². The summed E-state index contributed by atoms with van der Waals surface area (Å²) in [5.41, 5.74) is 0.259. The van der Waals surface area contributed by atoms with Crippen LogP contribution in [-0.4, -0.2) is 36.2 Å². The molecule has 0 radical (unpaired) electrons. The number of halogens is 3. The topological polar surface area (TPSA) is 92.7 Å². The Morgan fingerprint density at radius 2 is 1.77 bits per heavy atom. The Morgan fingerprint density at radius 1 is 1.23 bits per heavy atom. The van der Waals surface area contributed by atoms with Crippen LogP contribution >= 0.6 is 0 Å². The molecule has 0 aliphatic carbocycles. The van der Waals surface area contributed by atoms with Crippen molar-refractivity contribution in [3.8, 4) is 0 Å². The fourth-order valence-electron chi connectivity index (χ4n) is 1.64. The summed E-state index contributed by atoms with van der Waals surface area (Å²) in [5, 5.41) is 10.3. The molecule has 0 fully saturated rings. The molecule has 0 unspecified atom stereocenters. The second kappa shape index (κ2) is 6.92. The van der Waals surface area contributed by atoms with Crippen molar-refractivity contribution >= 4 is 17.8 Å². The minimum absolute atomic E-state index is 0.118. The molecule has 120 valence electrons. The molecule has 0 spiro atoms. The van der Waals surface area contributed by atoms with Crippen molar-refractivity contribution in [1.29, 1.82) is 0 Å². The highest BCUT2D eigenvalue weighted by Crippen LogP contribution is 2.22. The SMILES string of the molecule is COC(=O)c1ccc([C@H](CC(=O)O)NC(=O)C(F)(F)F)cc1. The summed E-state index contributed by atoms with van der Waals surface area (Å²) in [7, 11) is 1.16. The molecular formula is C13H12F3NO5. The quantitative estimate of drug-likeness (QED) is 0.805. The van der Waals surface area contributed by atoms with Crippen LogP contribution in [0, 0.1) is 0 Å². The van der Waals surface area contributed by atoms with Gasteiger partial charge in [-0.15, -0.1) is 0 Å². The van der Waals surface area contributed by atoms with Crippen LogP contribution < -0.4 is 5.32 Å². The Bertz CT molecular complexity index is 568. The summed E-state index contributed by atoms with van der Waals surface area (Å²) in [4.78, 5) is 32.9. The molecule has 22 heavy (non-hydrogen) atoms. The lowest BCUT2D eigenvalue weighted by Crippen LogP contribution is -2.39. The smallest absolute Gasteiger partial charge is 0.471 e. The number of esters is 1. The molecule has 1 aromatic carbocycles. The molecule has 1 rings (SSSR count). The summed E-state index contributed by atoms with van der Waals surface area (Å²) >= 11 is 0. The van der Waals surface area contributed by atoms with Gasteiger partial charge in [-0.1, -0.05) is 12.1 Å². The number of amides is 1. The Balaban J connectivity index is 2.99. The van der Waals surface area contributed by atoms with Gasteiger partial charge < -0.3 is 15.2 Å². The van der Waals surface area contributed by atoms with Gasteiger partial charge in [0.1, 0.15) is 0 Å². The van der Waals surface area contributed by atoms with Crippen LogP contribution in [0.15, 0.2) is 24.3 Å². The maximum atomic E-state index is 12.3. The lowest BCUT2D eigenvalue weighted by molar-refractivity contribution is -0.174.